The Hall–Kier alpha value is -2.82. The van der Waals surface area contributed by atoms with Gasteiger partial charge in [0.25, 0.3) is 0 Å². The Balaban J connectivity index is 2.06. The van der Waals surface area contributed by atoms with E-state index in [4.69, 9.17) is 4.42 Å². The van der Waals surface area contributed by atoms with E-state index in [0.29, 0.717) is 28.3 Å². The highest BCUT2D eigenvalue weighted by Gasteiger charge is 2.22. The fourth-order valence-corrected chi connectivity index (χ4v) is 2.49. The second-order valence-electron chi connectivity index (χ2n) is 7.38. The van der Waals surface area contributed by atoms with Crippen LogP contribution in [0.3, 0.4) is 0 Å². The lowest BCUT2D eigenvalue weighted by atomic mass is 9.95. The summed E-state index contributed by atoms with van der Waals surface area (Å²) in [4.78, 5) is 16.7. The van der Waals surface area contributed by atoms with Crippen LogP contribution in [0.2, 0.25) is 0 Å². The number of aromatic nitrogens is 1. The summed E-state index contributed by atoms with van der Waals surface area (Å²) in [5, 5.41) is 13.3. The van der Waals surface area contributed by atoms with E-state index in [2.05, 4.69) is 10.3 Å². The van der Waals surface area contributed by atoms with Crippen LogP contribution in [0.15, 0.2) is 34.7 Å². The molecule has 0 aliphatic rings. The molecule has 2 aromatic carbocycles. The normalized spacial score (nSPS) is 11.7. The Morgan fingerprint density at radius 1 is 1.16 bits per heavy atom. The zero-order chi connectivity index (χ0) is 18.4. The van der Waals surface area contributed by atoms with Gasteiger partial charge in [0.05, 0.1) is 5.56 Å². The smallest absolute Gasteiger partial charge is 0.231 e. The monoisotopic (exact) mass is 338 g/mol. The van der Waals surface area contributed by atoms with Gasteiger partial charge in [-0.3, -0.25) is 4.79 Å². The zero-order valence-electron chi connectivity index (χ0n) is 15.1. The van der Waals surface area contributed by atoms with Crippen LogP contribution in [-0.2, 0) is 4.79 Å². The summed E-state index contributed by atoms with van der Waals surface area (Å²) in [6.45, 7) is 9.30. The minimum Gasteiger partial charge on any atom is -0.507 e. The number of anilines is 1. The first-order chi connectivity index (χ1) is 11.6. The number of benzene rings is 2. The third-order valence-electron chi connectivity index (χ3n) is 4.01. The Kier molecular flexibility index (Phi) is 4.03. The van der Waals surface area contributed by atoms with E-state index < -0.39 is 5.41 Å². The van der Waals surface area contributed by atoms with Crippen LogP contribution in [0.25, 0.3) is 22.6 Å². The fraction of sp³-hybridized carbons (Fsp3) is 0.300. The summed E-state index contributed by atoms with van der Waals surface area (Å²) >= 11 is 0. The van der Waals surface area contributed by atoms with E-state index >= 15 is 0 Å². The number of hydrogen-bond acceptors (Lipinski definition) is 4. The van der Waals surface area contributed by atoms with E-state index in [-0.39, 0.29) is 11.7 Å². The standard InChI is InChI=1S/C20H22N2O3/c1-11-6-7-16-15(8-11)22-18(25-16)14-10-13(9-12(2)17(14)23)21-19(24)20(3,4)5/h6-10,23H,1-5H3,(H,21,24). The summed E-state index contributed by atoms with van der Waals surface area (Å²) in [6, 6.07) is 9.15. The van der Waals surface area contributed by atoms with Gasteiger partial charge in [0.2, 0.25) is 11.8 Å². The molecule has 0 atom stereocenters. The number of phenolic OH excluding ortho intramolecular Hbond substituents is 1. The summed E-state index contributed by atoms with van der Waals surface area (Å²) < 4.78 is 5.79. The average molecular weight is 338 g/mol. The Morgan fingerprint density at radius 3 is 2.56 bits per heavy atom. The number of aromatic hydroxyl groups is 1. The first kappa shape index (κ1) is 17.0. The largest absolute Gasteiger partial charge is 0.507 e. The number of nitrogens with one attached hydrogen (secondary N) is 1. The quantitative estimate of drug-likeness (QED) is 0.658. The summed E-state index contributed by atoms with van der Waals surface area (Å²) in [7, 11) is 0. The van der Waals surface area contributed by atoms with Gasteiger partial charge in [0, 0.05) is 11.1 Å². The number of fused-ring (bicyclic) bond motifs is 1. The Labute approximate surface area is 146 Å². The zero-order valence-corrected chi connectivity index (χ0v) is 15.1. The fourth-order valence-electron chi connectivity index (χ4n) is 2.49. The highest BCUT2D eigenvalue weighted by molar-refractivity contribution is 5.95. The lowest BCUT2D eigenvalue weighted by molar-refractivity contribution is -0.123. The summed E-state index contributed by atoms with van der Waals surface area (Å²) in [5.74, 6) is 0.321. The van der Waals surface area contributed by atoms with Crippen LogP contribution in [0, 0.1) is 19.3 Å². The maximum atomic E-state index is 12.2. The number of rotatable bonds is 2. The van der Waals surface area contributed by atoms with Crippen LogP contribution >= 0.6 is 0 Å². The summed E-state index contributed by atoms with van der Waals surface area (Å²) in [5.41, 5.74) is 3.65. The van der Waals surface area contributed by atoms with Gasteiger partial charge >= 0.3 is 0 Å². The number of carbonyl (C=O) groups is 1. The molecule has 2 N–H and O–H groups in total. The highest BCUT2D eigenvalue weighted by Crippen LogP contribution is 2.36. The predicted octanol–water partition coefficient (Wildman–Crippen LogP) is 4.80. The molecule has 1 amide bonds. The number of amides is 1. The van der Waals surface area contributed by atoms with Gasteiger partial charge in [0.1, 0.15) is 11.3 Å². The molecule has 1 aromatic heterocycles. The van der Waals surface area contributed by atoms with Crippen LogP contribution in [0.5, 0.6) is 5.75 Å². The van der Waals surface area contributed by atoms with Gasteiger partial charge in [-0.15, -0.1) is 0 Å². The molecule has 0 aliphatic heterocycles. The number of nitrogens with zero attached hydrogens (tertiary/aromatic N) is 1. The maximum Gasteiger partial charge on any atom is 0.231 e. The lowest BCUT2D eigenvalue weighted by Gasteiger charge is -2.18. The maximum absolute atomic E-state index is 12.2. The van der Waals surface area contributed by atoms with Crippen molar-refractivity contribution in [2.75, 3.05) is 5.32 Å². The molecule has 0 spiro atoms. The average Bonchev–Trinajstić information content (AvgIpc) is 2.92. The second kappa shape index (κ2) is 5.92. The van der Waals surface area contributed by atoms with Crippen molar-refractivity contribution in [1.29, 1.82) is 0 Å². The first-order valence-electron chi connectivity index (χ1n) is 8.18. The highest BCUT2D eigenvalue weighted by atomic mass is 16.3. The van der Waals surface area contributed by atoms with Crippen molar-refractivity contribution in [2.24, 2.45) is 5.41 Å². The minimum absolute atomic E-state index is 0.0945. The minimum atomic E-state index is -0.513. The second-order valence-corrected chi connectivity index (χ2v) is 7.38. The molecule has 3 aromatic rings. The Morgan fingerprint density at radius 2 is 1.88 bits per heavy atom. The molecule has 0 unspecified atom stereocenters. The van der Waals surface area contributed by atoms with E-state index in [1.165, 1.54) is 0 Å². The van der Waals surface area contributed by atoms with Crippen LogP contribution in [0.1, 0.15) is 31.9 Å². The van der Waals surface area contributed by atoms with E-state index in [0.717, 1.165) is 11.1 Å². The molecule has 0 aliphatic carbocycles. The predicted molar refractivity (Wildman–Crippen MR) is 98.7 cm³/mol. The molecule has 0 fully saturated rings. The van der Waals surface area contributed by atoms with Crippen LogP contribution in [-0.4, -0.2) is 16.0 Å². The van der Waals surface area contributed by atoms with Gasteiger partial charge in [-0.25, -0.2) is 4.98 Å². The number of carbonyl (C=O) groups excluding carboxylic acids is 1. The third-order valence-corrected chi connectivity index (χ3v) is 4.01. The molecule has 3 rings (SSSR count). The van der Waals surface area contributed by atoms with E-state index in [1.54, 1.807) is 19.1 Å². The van der Waals surface area contributed by atoms with Crippen molar-refractivity contribution in [1.82, 2.24) is 4.98 Å². The van der Waals surface area contributed by atoms with Crippen molar-refractivity contribution in [3.05, 3.63) is 41.5 Å². The van der Waals surface area contributed by atoms with Crippen LogP contribution < -0.4 is 5.32 Å². The first-order valence-corrected chi connectivity index (χ1v) is 8.18. The number of aryl methyl sites for hydroxylation is 2. The molecule has 0 bridgehead atoms. The number of phenols is 1. The number of hydrogen-bond donors (Lipinski definition) is 2. The summed E-state index contributed by atoms with van der Waals surface area (Å²) in [6.07, 6.45) is 0. The molecular formula is C20H22N2O3. The van der Waals surface area contributed by atoms with E-state index in [1.807, 2.05) is 45.9 Å². The molecule has 25 heavy (non-hydrogen) atoms. The van der Waals surface area contributed by atoms with Crippen molar-refractivity contribution in [3.8, 4) is 17.2 Å². The van der Waals surface area contributed by atoms with Gasteiger partial charge in [-0.05, 0) is 49.2 Å². The third kappa shape index (κ3) is 3.36. The SMILES string of the molecule is Cc1ccc2oc(-c3cc(NC(=O)C(C)(C)C)cc(C)c3O)nc2c1. The molecule has 5 nitrogen and oxygen atoms in total. The van der Waals surface area contributed by atoms with Gasteiger partial charge in [0.15, 0.2) is 5.58 Å². The molecule has 0 saturated carbocycles. The van der Waals surface area contributed by atoms with Crippen LogP contribution in [0.4, 0.5) is 5.69 Å². The molecular weight excluding hydrogens is 316 g/mol. The van der Waals surface area contributed by atoms with Crippen molar-refractivity contribution in [3.63, 3.8) is 0 Å². The number of oxazole rings is 1. The van der Waals surface area contributed by atoms with Gasteiger partial charge in [-0.1, -0.05) is 26.8 Å². The molecule has 0 radical (unpaired) electrons. The lowest BCUT2D eigenvalue weighted by Crippen LogP contribution is -2.27. The molecule has 1 heterocycles. The van der Waals surface area contributed by atoms with Crippen molar-refractivity contribution < 1.29 is 14.3 Å². The Bertz CT molecular complexity index is 965. The molecule has 130 valence electrons. The van der Waals surface area contributed by atoms with Crippen molar-refractivity contribution >= 4 is 22.7 Å². The molecule has 0 saturated heterocycles. The molecule has 5 heteroatoms. The van der Waals surface area contributed by atoms with E-state index in [9.17, 15) is 9.90 Å². The van der Waals surface area contributed by atoms with Gasteiger partial charge in [-0.2, -0.15) is 0 Å². The van der Waals surface area contributed by atoms with Gasteiger partial charge < -0.3 is 14.8 Å². The topological polar surface area (TPSA) is 75.4 Å². The van der Waals surface area contributed by atoms with Crippen molar-refractivity contribution in [2.45, 2.75) is 34.6 Å².